The molecule has 1 amide bonds. The molecular formula is C17H21BrN2O2. The number of carbonyl (C=O) groups is 1. The van der Waals surface area contributed by atoms with E-state index in [-0.39, 0.29) is 5.91 Å². The molecule has 0 saturated heterocycles. The number of hydrogen-bond donors (Lipinski definition) is 1. The molecule has 0 aliphatic rings. The predicted molar refractivity (Wildman–Crippen MR) is 93.9 cm³/mol. The monoisotopic (exact) mass is 364 g/mol. The van der Waals surface area contributed by atoms with Crippen LogP contribution in [0.3, 0.4) is 0 Å². The smallest absolute Gasteiger partial charge is 0.224 e. The lowest BCUT2D eigenvalue weighted by Crippen LogP contribution is -2.12. The van der Waals surface area contributed by atoms with Crippen LogP contribution in [0.2, 0.25) is 0 Å². The van der Waals surface area contributed by atoms with Crippen LogP contribution in [0.15, 0.2) is 24.4 Å². The first-order valence-electron chi connectivity index (χ1n) is 7.45. The first kappa shape index (κ1) is 16.7. The number of carbonyl (C=O) groups excluding carboxylic acids is 1. The van der Waals surface area contributed by atoms with Crippen molar-refractivity contribution in [3.8, 4) is 5.75 Å². The highest BCUT2D eigenvalue weighted by Crippen LogP contribution is 2.29. The molecule has 0 aliphatic carbocycles. The Morgan fingerprint density at radius 2 is 2.14 bits per heavy atom. The molecule has 0 atom stereocenters. The fourth-order valence-corrected chi connectivity index (χ4v) is 2.74. The van der Waals surface area contributed by atoms with Gasteiger partial charge in [0.1, 0.15) is 5.75 Å². The van der Waals surface area contributed by atoms with Crippen LogP contribution in [0, 0.1) is 6.92 Å². The number of methoxy groups -OCH3 is 1. The maximum Gasteiger partial charge on any atom is 0.224 e. The summed E-state index contributed by atoms with van der Waals surface area (Å²) in [5.41, 5.74) is 2.62. The Balaban J connectivity index is 2.19. The summed E-state index contributed by atoms with van der Waals surface area (Å²) < 4.78 is 5.33. The van der Waals surface area contributed by atoms with E-state index >= 15 is 0 Å². The van der Waals surface area contributed by atoms with Gasteiger partial charge in [-0.2, -0.15) is 0 Å². The standard InChI is InChI=1S/C17H21BrN2O2/c1-12-7-9-19-17-14(12)10-13(22-2)11-15(17)20-16(21)6-4-3-5-8-18/h7,9-11H,3-6,8H2,1-2H3,(H,20,21). The van der Waals surface area contributed by atoms with E-state index in [0.717, 1.165) is 46.8 Å². The number of aryl methyl sites for hydroxylation is 1. The Bertz CT molecular complexity index is 658. The van der Waals surface area contributed by atoms with Crippen LogP contribution in [0.4, 0.5) is 5.69 Å². The molecule has 0 unspecified atom stereocenters. The van der Waals surface area contributed by atoms with Crippen molar-refractivity contribution in [1.29, 1.82) is 0 Å². The number of unbranched alkanes of at least 4 members (excludes halogenated alkanes) is 2. The molecule has 118 valence electrons. The maximum atomic E-state index is 12.1. The second-order valence-corrected chi connectivity index (χ2v) is 6.04. The summed E-state index contributed by atoms with van der Waals surface area (Å²) in [6.07, 6.45) is 5.32. The van der Waals surface area contributed by atoms with Crippen molar-refractivity contribution >= 4 is 38.4 Å². The molecule has 1 N–H and O–H groups in total. The third kappa shape index (κ3) is 4.19. The Morgan fingerprint density at radius 3 is 2.86 bits per heavy atom. The molecule has 0 fully saturated rings. The summed E-state index contributed by atoms with van der Waals surface area (Å²) in [4.78, 5) is 16.5. The van der Waals surface area contributed by atoms with Gasteiger partial charge in [0.25, 0.3) is 0 Å². The maximum absolute atomic E-state index is 12.1. The van der Waals surface area contributed by atoms with Gasteiger partial charge in [0.15, 0.2) is 0 Å². The van der Waals surface area contributed by atoms with Gasteiger partial charge in [0.2, 0.25) is 5.91 Å². The number of nitrogens with one attached hydrogen (secondary N) is 1. The van der Waals surface area contributed by atoms with Crippen molar-refractivity contribution in [2.75, 3.05) is 17.8 Å². The highest BCUT2D eigenvalue weighted by atomic mass is 79.9. The minimum absolute atomic E-state index is 0.0208. The van der Waals surface area contributed by atoms with Crippen LogP contribution < -0.4 is 10.1 Å². The third-order valence-electron chi connectivity index (χ3n) is 3.58. The van der Waals surface area contributed by atoms with E-state index in [4.69, 9.17) is 4.74 Å². The lowest BCUT2D eigenvalue weighted by Gasteiger charge is -2.12. The summed E-state index contributed by atoms with van der Waals surface area (Å²) in [7, 11) is 1.62. The number of rotatable bonds is 7. The Kier molecular flexibility index (Phi) is 6.19. The molecule has 2 rings (SSSR count). The van der Waals surface area contributed by atoms with Crippen LogP contribution in [0.1, 0.15) is 31.2 Å². The normalized spacial score (nSPS) is 10.7. The van der Waals surface area contributed by atoms with E-state index in [1.165, 1.54) is 0 Å². The van der Waals surface area contributed by atoms with Gasteiger partial charge >= 0.3 is 0 Å². The second kappa shape index (κ2) is 8.13. The summed E-state index contributed by atoms with van der Waals surface area (Å²) in [6, 6.07) is 5.72. The summed E-state index contributed by atoms with van der Waals surface area (Å²) in [5, 5.41) is 4.95. The topological polar surface area (TPSA) is 51.2 Å². The van der Waals surface area contributed by atoms with Gasteiger partial charge in [-0.1, -0.05) is 22.4 Å². The molecule has 4 nitrogen and oxygen atoms in total. The minimum Gasteiger partial charge on any atom is -0.497 e. The zero-order valence-corrected chi connectivity index (χ0v) is 14.6. The number of halogens is 1. The van der Waals surface area contributed by atoms with Crippen molar-refractivity contribution in [1.82, 2.24) is 4.98 Å². The van der Waals surface area contributed by atoms with E-state index in [1.807, 2.05) is 25.1 Å². The minimum atomic E-state index is 0.0208. The summed E-state index contributed by atoms with van der Waals surface area (Å²) in [5.74, 6) is 0.741. The molecule has 0 saturated carbocycles. The van der Waals surface area contributed by atoms with Crippen molar-refractivity contribution in [2.45, 2.75) is 32.6 Å². The number of ether oxygens (including phenoxy) is 1. The molecule has 0 bridgehead atoms. The molecule has 0 spiro atoms. The van der Waals surface area contributed by atoms with Crippen LogP contribution in [0.5, 0.6) is 5.75 Å². The van der Waals surface area contributed by atoms with E-state index in [0.29, 0.717) is 12.1 Å². The number of pyridine rings is 1. The first-order valence-corrected chi connectivity index (χ1v) is 8.57. The lowest BCUT2D eigenvalue weighted by molar-refractivity contribution is -0.116. The van der Waals surface area contributed by atoms with Gasteiger partial charge in [-0.3, -0.25) is 9.78 Å². The molecule has 0 radical (unpaired) electrons. The molecule has 1 aromatic carbocycles. The number of hydrogen-bond acceptors (Lipinski definition) is 3. The Labute approximate surface area is 139 Å². The SMILES string of the molecule is COc1cc(NC(=O)CCCCCBr)c2nccc(C)c2c1. The molecule has 5 heteroatoms. The zero-order valence-electron chi connectivity index (χ0n) is 13.0. The Hall–Kier alpha value is -1.62. The van der Waals surface area contributed by atoms with Gasteiger partial charge < -0.3 is 10.1 Å². The number of fused-ring (bicyclic) bond motifs is 1. The lowest BCUT2D eigenvalue weighted by atomic mass is 10.1. The van der Waals surface area contributed by atoms with Gasteiger partial charge in [-0.15, -0.1) is 0 Å². The van der Waals surface area contributed by atoms with Crippen molar-refractivity contribution in [3.63, 3.8) is 0 Å². The summed E-state index contributed by atoms with van der Waals surface area (Å²) in [6.45, 7) is 2.02. The molecule has 1 aromatic heterocycles. The quantitative estimate of drug-likeness (QED) is 0.583. The molecular weight excluding hydrogens is 344 g/mol. The van der Waals surface area contributed by atoms with Crippen molar-refractivity contribution in [3.05, 3.63) is 30.0 Å². The zero-order chi connectivity index (χ0) is 15.9. The molecule has 2 aromatic rings. The molecule has 1 heterocycles. The second-order valence-electron chi connectivity index (χ2n) is 5.25. The fourth-order valence-electron chi connectivity index (χ4n) is 2.34. The summed E-state index contributed by atoms with van der Waals surface area (Å²) >= 11 is 3.40. The average Bonchev–Trinajstić information content (AvgIpc) is 2.52. The van der Waals surface area contributed by atoms with Crippen molar-refractivity contribution in [2.24, 2.45) is 0 Å². The van der Waals surface area contributed by atoms with E-state index in [1.54, 1.807) is 13.3 Å². The number of alkyl halides is 1. The van der Waals surface area contributed by atoms with Crippen LogP contribution in [0.25, 0.3) is 10.9 Å². The largest absolute Gasteiger partial charge is 0.497 e. The number of anilines is 1. The van der Waals surface area contributed by atoms with Crippen molar-refractivity contribution < 1.29 is 9.53 Å². The number of aromatic nitrogens is 1. The molecule has 0 aliphatic heterocycles. The highest BCUT2D eigenvalue weighted by Gasteiger charge is 2.10. The molecule has 22 heavy (non-hydrogen) atoms. The third-order valence-corrected chi connectivity index (χ3v) is 4.14. The number of benzene rings is 1. The first-order chi connectivity index (χ1) is 10.7. The fraction of sp³-hybridized carbons (Fsp3) is 0.412. The highest BCUT2D eigenvalue weighted by molar-refractivity contribution is 9.09. The van der Waals surface area contributed by atoms with Crippen LogP contribution >= 0.6 is 15.9 Å². The number of amides is 1. The predicted octanol–water partition coefficient (Wildman–Crippen LogP) is 4.45. The Morgan fingerprint density at radius 1 is 1.32 bits per heavy atom. The van der Waals surface area contributed by atoms with Gasteiger partial charge in [-0.05, 0) is 37.5 Å². The van der Waals surface area contributed by atoms with E-state index in [9.17, 15) is 4.79 Å². The van der Waals surface area contributed by atoms with Gasteiger partial charge in [-0.25, -0.2) is 0 Å². The average molecular weight is 365 g/mol. The van der Waals surface area contributed by atoms with Gasteiger partial charge in [0.05, 0.1) is 18.3 Å². The van der Waals surface area contributed by atoms with Crippen LogP contribution in [-0.2, 0) is 4.79 Å². The van der Waals surface area contributed by atoms with E-state index < -0.39 is 0 Å². The van der Waals surface area contributed by atoms with Crippen LogP contribution in [-0.4, -0.2) is 23.3 Å². The van der Waals surface area contributed by atoms with E-state index in [2.05, 4.69) is 26.2 Å². The van der Waals surface area contributed by atoms with Gasteiger partial charge in [0, 0.05) is 29.4 Å². The number of nitrogens with zero attached hydrogens (tertiary/aromatic N) is 1.